The van der Waals surface area contributed by atoms with E-state index < -0.39 is 29.9 Å². The summed E-state index contributed by atoms with van der Waals surface area (Å²) in [6, 6.07) is 17.3. The summed E-state index contributed by atoms with van der Waals surface area (Å²) in [5, 5.41) is 16.3. The molecule has 1 unspecified atom stereocenters. The molecule has 3 aromatic rings. The SMILES string of the molecule is Cc1ccc(C[C@H](NC(=O)C(CCC(=O)O)NC(=O)CCc2ccc(-c3cccs3)cc2)C(N)=O)cc1. The van der Waals surface area contributed by atoms with Gasteiger partial charge >= 0.3 is 5.97 Å². The zero-order valence-corrected chi connectivity index (χ0v) is 21.4. The molecule has 0 bridgehead atoms. The third-order valence-corrected chi connectivity index (χ3v) is 6.84. The quantitative estimate of drug-likeness (QED) is 0.274. The molecule has 2 aromatic carbocycles. The van der Waals surface area contributed by atoms with Crippen molar-refractivity contribution >= 4 is 35.0 Å². The highest BCUT2D eigenvalue weighted by atomic mass is 32.1. The maximum absolute atomic E-state index is 12.9. The second-order valence-corrected chi connectivity index (χ2v) is 9.83. The molecule has 194 valence electrons. The molecule has 37 heavy (non-hydrogen) atoms. The number of amides is 3. The average molecular weight is 522 g/mol. The molecule has 0 saturated carbocycles. The molecule has 3 rings (SSSR count). The molecule has 1 aromatic heterocycles. The Morgan fingerprint density at radius 3 is 2.16 bits per heavy atom. The van der Waals surface area contributed by atoms with Crippen molar-refractivity contribution in [1.82, 2.24) is 10.6 Å². The van der Waals surface area contributed by atoms with E-state index in [-0.39, 0.29) is 31.6 Å². The van der Waals surface area contributed by atoms with Gasteiger partial charge in [0.2, 0.25) is 17.7 Å². The number of aliphatic carboxylic acids is 1. The molecule has 1 heterocycles. The third-order valence-electron chi connectivity index (χ3n) is 5.92. The normalized spacial score (nSPS) is 12.4. The van der Waals surface area contributed by atoms with Crippen LogP contribution in [0.1, 0.15) is 36.0 Å². The van der Waals surface area contributed by atoms with Crippen molar-refractivity contribution in [2.75, 3.05) is 0 Å². The first kappa shape index (κ1) is 27.6. The van der Waals surface area contributed by atoms with Crippen molar-refractivity contribution in [3.05, 3.63) is 82.7 Å². The van der Waals surface area contributed by atoms with Crippen LogP contribution >= 0.6 is 11.3 Å². The number of thiophene rings is 1. The van der Waals surface area contributed by atoms with Gasteiger partial charge in [-0.1, -0.05) is 60.2 Å². The minimum atomic E-state index is -1.11. The Bertz CT molecular complexity index is 1210. The number of primary amides is 1. The summed E-state index contributed by atoms with van der Waals surface area (Å²) in [6.45, 7) is 1.94. The van der Waals surface area contributed by atoms with Gasteiger partial charge in [0, 0.05) is 24.1 Å². The molecular formula is C28H31N3O5S. The van der Waals surface area contributed by atoms with E-state index in [2.05, 4.69) is 10.6 Å². The van der Waals surface area contributed by atoms with Crippen LogP contribution < -0.4 is 16.4 Å². The first-order valence-corrected chi connectivity index (χ1v) is 12.9. The zero-order chi connectivity index (χ0) is 26.8. The molecule has 0 saturated heterocycles. The number of carboxylic acids is 1. The molecule has 3 amide bonds. The number of hydrogen-bond acceptors (Lipinski definition) is 5. The van der Waals surface area contributed by atoms with Crippen LogP contribution in [0, 0.1) is 6.92 Å². The minimum absolute atomic E-state index is 0.113. The van der Waals surface area contributed by atoms with Crippen molar-refractivity contribution in [3.63, 3.8) is 0 Å². The lowest BCUT2D eigenvalue weighted by atomic mass is 10.0. The summed E-state index contributed by atoms with van der Waals surface area (Å²) in [6.07, 6.45) is 0.335. The van der Waals surface area contributed by atoms with Gasteiger partial charge in [-0.15, -0.1) is 11.3 Å². The Hall–Kier alpha value is -3.98. The highest BCUT2D eigenvalue weighted by Gasteiger charge is 2.26. The van der Waals surface area contributed by atoms with Crippen molar-refractivity contribution in [2.24, 2.45) is 5.73 Å². The van der Waals surface area contributed by atoms with Crippen LogP contribution in [0.15, 0.2) is 66.0 Å². The Morgan fingerprint density at radius 2 is 1.57 bits per heavy atom. The van der Waals surface area contributed by atoms with Crippen molar-refractivity contribution in [1.29, 1.82) is 0 Å². The van der Waals surface area contributed by atoms with Crippen molar-refractivity contribution in [3.8, 4) is 10.4 Å². The van der Waals surface area contributed by atoms with Crippen molar-refractivity contribution < 1.29 is 24.3 Å². The smallest absolute Gasteiger partial charge is 0.303 e. The third kappa shape index (κ3) is 8.88. The molecule has 0 spiro atoms. The van der Waals surface area contributed by atoms with Gasteiger partial charge in [-0.2, -0.15) is 0 Å². The van der Waals surface area contributed by atoms with E-state index in [1.165, 1.54) is 0 Å². The maximum Gasteiger partial charge on any atom is 0.303 e. The fourth-order valence-corrected chi connectivity index (χ4v) is 4.53. The number of nitrogens with two attached hydrogens (primary N) is 1. The van der Waals surface area contributed by atoms with Gasteiger partial charge in [0.15, 0.2) is 0 Å². The molecule has 2 atom stereocenters. The Kier molecular flexibility index (Phi) is 9.97. The molecule has 0 aliphatic heterocycles. The van der Waals surface area contributed by atoms with Gasteiger partial charge in [-0.3, -0.25) is 19.2 Å². The summed E-state index contributed by atoms with van der Waals surface area (Å²) >= 11 is 1.65. The number of carbonyl (C=O) groups is 4. The predicted molar refractivity (Wildman–Crippen MR) is 143 cm³/mol. The van der Waals surface area contributed by atoms with E-state index in [1.807, 2.05) is 73.0 Å². The number of nitrogens with one attached hydrogen (secondary N) is 2. The van der Waals surface area contributed by atoms with Gasteiger partial charge in [-0.25, -0.2) is 0 Å². The Labute approximate surface area is 219 Å². The summed E-state index contributed by atoms with van der Waals surface area (Å²) in [4.78, 5) is 49.9. The van der Waals surface area contributed by atoms with Crippen LogP contribution in [0.25, 0.3) is 10.4 Å². The molecule has 0 aliphatic carbocycles. The maximum atomic E-state index is 12.9. The zero-order valence-electron chi connectivity index (χ0n) is 20.6. The van der Waals surface area contributed by atoms with Crippen LogP contribution in [0.4, 0.5) is 0 Å². The second kappa shape index (κ2) is 13.4. The molecule has 0 fully saturated rings. The topological polar surface area (TPSA) is 139 Å². The van der Waals surface area contributed by atoms with Crippen LogP contribution in [0.3, 0.4) is 0 Å². The van der Waals surface area contributed by atoms with E-state index in [1.54, 1.807) is 11.3 Å². The van der Waals surface area contributed by atoms with Gasteiger partial charge in [0.1, 0.15) is 12.1 Å². The molecule has 0 radical (unpaired) electrons. The summed E-state index contributed by atoms with van der Waals surface area (Å²) in [5.74, 6) is -2.85. The summed E-state index contributed by atoms with van der Waals surface area (Å²) in [7, 11) is 0. The summed E-state index contributed by atoms with van der Waals surface area (Å²) < 4.78 is 0. The lowest BCUT2D eigenvalue weighted by Gasteiger charge is -2.22. The molecule has 0 aliphatic rings. The van der Waals surface area contributed by atoms with Crippen LogP contribution in [0.5, 0.6) is 0 Å². The molecule has 8 nitrogen and oxygen atoms in total. The largest absolute Gasteiger partial charge is 0.481 e. The highest BCUT2D eigenvalue weighted by molar-refractivity contribution is 7.13. The monoisotopic (exact) mass is 521 g/mol. The van der Waals surface area contributed by atoms with Gasteiger partial charge in [0.25, 0.3) is 0 Å². The number of benzene rings is 2. The van der Waals surface area contributed by atoms with Gasteiger partial charge < -0.3 is 21.5 Å². The molecular weight excluding hydrogens is 490 g/mol. The molecule has 5 N–H and O–H groups in total. The highest BCUT2D eigenvalue weighted by Crippen LogP contribution is 2.24. The average Bonchev–Trinajstić information content (AvgIpc) is 3.41. The van der Waals surface area contributed by atoms with Crippen LogP contribution in [-0.4, -0.2) is 40.9 Å². The summed E-state index contributed by atoms with van der Waals surface area (Å²) in [5.41, 5.74) is 9.44. The predicted octanol–water partition coefficient (Wildman–Crippen LogP) is 3.22. The first-order chi connectivity index (χ1) is 17.7. The fourth-order valence-electron chi connectivity index (χ4n) is 3.79. The first-order valence-electron chi connectivity index (χ1n) is 12.0. The number of aryl methyl sites for hydroxylation is 2. The van der Waals surface area contributed by atoms with E-state index in [0.29, 0.717) is 6.42 Å². The second-order valence-electron chi connectivity index (χ2n) is 8.88. The van der Waals surface area contributed by atoms with E-state index >= 15 is 0 Å². The van der Waals surface area contributed by atoms with E-state index in [0.717, 1.165) is 27.1 Å². The van der Waals surface area contributed by atoms with E-state index in [9.17, 15) is 19.2 Å². The number of hydrogen-bond donors (Lipinski definition) is 4. The minimum Gasteiger partial charge on any atom is -0.481 e. The standard InChI is InChI=1S/C28H31N3O5S/c1-18-4-6-20(7-5-18)17-23(27(29)35)31-28(36)22(13-15-26(33)34)30-25(32)14-10-19-8-11-21(12-9-19)24-3-2-16-37-24/h2-9,11-12,16,22-23H,10,13-15,17H2,1H3,(H2,29,35)(H,30,32)(H,31,36)(H,33,34)/t22?,23-/m0/s1. The van der Waals surface area contributed by atoms with Crippen molar-refractivity contribution in [2.45, 2.75) is 51.1 Å². The number of carboxylic acid groups (broad SMARTS) is 1. The van der Waals surface area contributed by atoms with Gasteiger partial charge in [0.05, 0.1) is 0 Å². The Morgan fingerprint density at radius 1 is 0.892 bits per heavy atom. The number of rotatable bonds is 13. The lowest BCUT2D eigenvalue weighted by molar-refractivity contribution is -0.138. The number of carbonyl (C=O) groups excluding carboxylic acids is 3. The molecule has 9 heteroatoms. The Balaban J connectivity index is 1.59. The van der Waals surface area contributed by atoms with Crippen LogP contribution in [0.2, 0.25) is 0 Å². The van der Waals surface area contributed by atoms with E-state index in [4.69, 9.17) is 10.8 Å². The van der Waals surface area contributed by atoms with Crippen LogP contribution in [-0.2, 0) is 32.0 Å². The lowest BCUT2D eigenvalue weighted by Crippen LogP contribution is -2.53. The fraction of sp³-hybridized carbons (Fsp3) is 0.286. The van der Waals surface area contributed by atoms with Gasteiger partial charge in [-0.05, 0) is 47.9 Å².